The number of unbranched alkanes of at least 4 members (excludes halogenated alkanes) is 2. The van der Waals surface area contributed by atoms with Gasteiger partial charge in [-0.15, -0.1) is 0 Å². The van der Waals surface area contributed by atoms with Crippen molar-refractivity contribution in [1.82, 2.24) is 14.7 Å². The molecule has 0 fully saturated rings. The summed E-state index contributed by atoms with van der Waals surface area (Å²) in [5.41, 5.74) is 3.10. The number of nitrogens with one attached hydrogen (secondary N) is 1. The molecule has 202 valence electrons. The van der Waals surface area contributed by atoms with Gasteiger partial charge in [-0.2, -0.15) is 5.10 Å². The Morgan fingerprint density at radius 3 is 2.33 bits per heavy atom. The van der Waals surface area contributed by atoms with Gasteiger partial charge in [0, 0.05) is 18.2 Å². The first-order valence-corrected chi connectivity index (χ1v) is 13.1. The molecule has 0 aliphatic carbocycles. The van der Waals surface area contributed by atoms with Crippen LogP contribution in [0, 0.1) is 5.82 Å². The summed E-state index contributed by atoms with van der Waals surface area (Å²) < 4.78 is 20.8. The zero-order valence-corrected chi connectivity index (χ0v) is 22.1. The molecule has 0 atom stereocenters. The van der Waals surface area contributed by atoms with E-state index in [2.05, 4.69) is 17.3 Å². The Hall–Kier alpha value is -4.30. The van der Waals surface area contributed by atoms with Crippen LogP contribution < -0.4 is 5.32 Å². The number of carbonyl (C=O) groups excluding carboxylic acids is 2. The lowest BCUT2D eigenvalue weighted by Gasteiger charge is -2.22. The molecule has 8 heteroatoms. The maximum absolute atomic E-state index is 13.6. The van der Waals surface area contributed by atoms with Crippen LogP contribution in [-0.2, 0) is 20.9 Å². The van der Waals surface area contributed by atoms with Crippen LogP contribution in [0.5, 0.6) is 0 Å². The number of rotatable bonds is 13. The number of benzene rings is 3. The first kappa shape index (κ1) is 27.7. The van der Waals surface area contributed by atoms with E-state index >= 15 is 0 Å². The van der Waals surface area contributed by atoms with E-state index in [4.69, 9.17) is 4.74 Å². The van der Waals surface area contributed by atoms with Crippen LogP contribution in [-0.4, -0.2) is 46.2 Å². The minimum atomic E-state index is -0.365. The molecular formula is C31H33FN4O3. The SMILES string of the molecule is CCCCCN(CC(=O)Nc1cc(-c2ccccc2)nn1-c1ccc(F)cc1)C(=O)COCc1ccccc1. The number of amides is 2. The van der Waals surface area contributed by atoms with Crippen LogP contribution in [0.25, 0.3) is 16.9 Å². The Balaban J connectivity index is 1.47. The molecule has 0 aliphatic rings. The van der Waals surface area contributed by atoms with Crippen LogP contribution in [0.2, 0.25) is 0 Å². The third-order valence-corrected chi connectivity index (χ3v) is 6.17. The monoisotopic (exact) mass is 528 g/mol. The molecule has 7 nitrogen and oxygen atoms in total. The number of ether oxygens (including phenoxy) is 1. The standard InChI is InChI=1S/C31H33FN4O3/c1-2-3-10-19-35(31(38)23-39-22-24-11-6-4-7-12-24)21-30(37)33-29-20-28(25-13-8-5-9-14-25)34-36(29)27-17-15-26(32)16-18-27/h4-9,11-18,20H,2-3,10,19,21-23H2,1H3,(H,33,37). The van der Waals surface area contributed by atoms with Crippen LogP contribution >= 0.6 is 0 Å². The molecule has 2 amide bonds. The lowest BCUT2D eigenvalue weighted by Crippen LogP contribution is -2.40. The second-order valence-electron chi connectivity index (χ2n) is 9.22. The molecule has 0 spiro atoms. The number of aromatic nitrogens is 2. The summed E-state index contributed by atoms with van der Waals surface area (Å²) in [5, 5.41) is 7.56. The second kappa shape index (κ2) is 14.0. The number of hydrogen-bond donors (Lipinski definition) is 1. The van der Waals surface area contributed by atoms with Gasteiger partial charge in [-0.05, 0) is 36.2 Å². The van der Waals surface area contributed by atoms with Crippen LogP contribution in [0.15, 0.2) is 91.0 Å². The largest absolute Gasteiger partial charge is 0.367 e. The van der Waals surface area contributed by atoms with E-state index in [9.17, 15) is 14.0 Å². The van der Waals surface area contributed by atoms with E-state index in [1.165, 1.54) is 17.0 Å². The first-order valence-electron chi connectivity index (χ1n) is 13.1. The van der Waals surface area contributed by atoms with E-state index in [-0.39, 0.29) is 30.8 Å². The van der Waals surface area contributed by atoms with Crippen LogP contribution in [0.1, 0.15) is 31.7 Å². The second-order valence-corrected chi connectivity index (χ2v) is 9.22. The van der Waals surface area contributed by atoms with Gasteiger partial charge >= 0.3 is 0 Å². The van der Waals surface area contributed by atoms with E-state index in [1.807, 2.05) is 60.7 Å². The number of carbonyl (C=O) groups is 2. The lowest BCUT2D eigenvalue weighted by molar-refractivity contribution is -0.139. The molecule has 0 radical (unpaired) electrons. The maximum atomic E-state index is 13.6. The molecule has 0 unspecified atom stereocenters. The Morgan fingerprint density at radius 2 is 1.64 bits per heavy atom. The average molecular weight is 529 g/mol. The summed E-state index contributed by atoms with van der Waals surface area (Å²) in [6.07, 6.45) is 2.74. The van der Waals surface area contributed by atoms with Gasteiger partial charge in [0.25, 0.3) is 0 Å². The van der Waals surface area contributed by atoms with Crippen molar-refractivity contribution in [2.24, 2.45) is 0 Å². The predicted molar refractivity (Wildman–Crippen MR) is 150 cm³/mol. The minimum absolute atomic E-state index is 0.111. The predicted octanol–water partition coefficient (Wildman–Crippen LogP) is 5.85. The van der Waals surface area contributed by atoms with Gasteiger partial charge in [0.15, 0.2) is 0 Å². The fourth-order valence-corrected chi connectivity index (χ4v) is 4.12. The summed E-state index contributed by atoms with van der Waals surface area (Å²) in [4.78, 5) is 27.7. The average Bonchev–Trinajstić information content (AvgIpc) is 3.37. The molecule has 4 aromatic rings. The highest BCUT2D eigenvalue weighted by Crippen LogP contribution is 2.25. The van der Waals surface area contributed by atoms with Gasteiger partial charge in [-0.1, -0.05) is 80.4 Å². The van der Waals surface area contributed by atoms with Gasteiger partial charge in [0.05, 0.1) is 24.5 Å². The Kier molecular flexibility index (Phi) is 9.97. The number of anilines is 1. The maximum Gasteiger partial charge on any atom is 0.249 e. The molecule has 1 aromatic heterocycles. The molecule has 4 rings (SSSR count). The highest BCUT2D eigenvalue weighted by Gasteiger charge is 2.20. The lowest BCUT2D eigenvalue weighted by atomic mass is 10.1. The molecule has 0 aliphatic heterocycles. The Bertz CT molecular complexity index is 1340. The summed E-state index contributed by atoms with van der Waals surface area (Å²) >= 11 is 0. The van der Waals surface area contributed by atoms with Crippen molar-refractivity contribution in [2.45, 2.75) is 32.8 Å². The summed E-state index contributed by atoms with van der Waals surface area (Å²) in [7, 11) is 0. The van der Waals surface area contributed by atoms with Crippen molar-refractivity contribution in [2.75, 3.05) is 25.0 Å². The van der Waals surface area contributed by atoms with Crippen LogP contribution in [0.4, 0.5) is 10.2 Å². The summed E-state index contributed by atoms with van der Waals surface area (Å²) in [5.74, 6) is -0.540. The van der Waals surface area contributed by atoms with Crippen molar-refractivity contribution < 1.29 is 18.7 Å². The highest BCUT2D eigenvalue weighted by atomic mass is 19.1. The van der Waals surface area contributed by atoms with Gasteiger partial charge in [-0.3, -0.25) is 9.59 Å². The number of nitrogens with zero attached hydrogens (tertiary/aromatic N) is 3. The number of halogens is 1. The highest BCUT2D eigenvalue weighted by molar-refractivity contribution is 5.94. The summed E-state index contributed by atoms with van der Waals surface area (Å²) in [6.45, 7) is 2.64. The molecular weight excluding hydrogens is 495 g/mol. The molecule has 1 N–H and O–H groups in total. The molecule has 1 heterocycles. The smallest absolute Gasteiger partial charge is 0.249 e. The zero-order valence-electron chi connectivity index (χ0n) is 22.1. The fraction of sp³-hybridized carbons (Fsp3) is 0.258. The van der Waals surface area contributed by atoms with Gasteiger partial charge in [0.2, 0.25) is 11.8 Å². The molecule has 39 heavy (non-hydrogen) atoms. The fourth-order valence-electron chi connectivity index (χ4n) is 4.12. The zero-order chi connectivity index (χ0) is 27.5. The molecule has 0 saturated heterocycles. The van der Waals surface area contributed by atoms with Gasteiger partial charge in [-0.25, -0.2) is 9.07 Å². The van der Waals surface area contributed by atoms with E-state index in [0.29, 0.717) is 30.4 Å². The van der Waals surface area contributed by atoms with Crippen molar-refractivity contribution in [1.29, 1.82) is 0 Å². The third kappa shape index (κ3) is 8.09. The third-order valence-electron chi connectivity index (χ3n) is 6.17. The number of hydrogen-bond acceptors (Lipinski definition) is 4. The van der Waals surface area contributed by atoms with Gasteiger partial charge < -0.3 is 15.0 Å². The first-order chi connectivity index (χ1) is 19.0. The van der Waals surface area contributed by atoms with E-state index in [0.717, 1.165) is 30.4 Å². The van der Waals surface area contributed by atoms with Crippen molar-refractivity contribution in [3.8, 4) is 16.9 Å². The summed E-state index contributed by atoms with van der Waals surface area (Å²) in [6, 6.07) is 26.8. The normalized spacial score (nSPS) is 10.8. The van der Waals surface area contributed by atoms with Crippen molar-refractivity contribution in [3.05, 3.63) is 102 Å². The van der Waals surface area contributed by atoms with Crippen molar-refractivity contribution >= 4 is 17.6 Å². The van der Waals surface area contributed by atoms with Crippen molar-refractivity contribution in [3.63, 3.8) is 0 Å². The molecule has 0 bridgehead atoms. The molecule has 3 aromatic carbocycles. The van der Waals surface area contributed by atoms with Gasteiger partial charge in [0.1, 0.15) is 18.2 Å². The topological polar surface area (TPSA) is 76.5 Å². The Morgan fingerprint density at radius 1 is 0.949 bits per heavy atom. The van der Waals surface area contributed by atoms with Crippen LogP contribution in [0.3, 0.4) is 0 Å². The molecule has 0 saturated carbocycles. The minimum Gasteiger partial charge on any atom is -0.367 e. The Labute approximate surface area is 228 Å². The van der Waals surface area contributed by atoms with E-state index in [1.54, 1.807) is 22.9 Å². The quantitative estimate of drug-likeness (QED) is 0.221. The van der Waals surface area contributed by atoms with E-state index < -0.39 is 0 Å².